The average molecular weight is 377 g/mol. The monoisotopic (exact) mass is 377 g/mol. The molecule has 0 saturated carbocycles. The van der Waals surface area contributed by atoms with Crippen LogP contribution in [0.3, 0.4) is 0 Å². The first-order valence-corrected chi connectivity index (χ1v) is 7.77. The minimum atomic E-state index is -4.98. The third-order valence-electron chi connectivity index (χ3n) is 3.58. The van der Waals surface area contributed by atoms with Crippen molar-refractivity contribution in [3.8, 4) is 17.4 Å². The molecule has 0 aliphatic rings. The minimum absolute atomic E-state index is 0.0251. The van der Waals surface area contributed by atoms with Crippen molar-refractivity contribution < 1.29 is 27.8 Å². The van der Waals surface area contributed by atoms with Crippen molar-refractivity contribution in [1.82, 2.24) is 19.7 Å². The van der Waals surface area contributed by atoms with Gasteiger partial charge < -0.3 is 14.6 Å². The third kappa shape index (κ3) is 3.73. The van der Waals surface area contributed by atoms with E-state index in [1.54, 1.807) is 30.3 Å². The molecule has 0 unspecified atom stereocenters. The Hall–Kier alpha value is -3.43. The summed E-state index contributed by atoms with van der Waals surface area (Å²) in [5, 5.41) is 15.0. The van der Waals surface area contributed by atoms with Gasteiger partial charge in [0.05, 0.1) is 17.2 Å². The molecule has 0 saturated heterocycles. The maximum absolute atomic E-state index is 13.5. The highest BCUT2D eigenvalue weighted by molar-refractivity contribution is 5.89. The Kier molecular flexibility index (Phi) is 4.80. The first-order valence-electron chi connectivity index (χ1n) is 7.77. The maximum Gasteiger partial charge on any atom is 0.434 e. The summed E-state index contributed by atoms with van der Waals surface area (Å²) in [5.74, 6) is -1.85. The molecule has 10 heteroatoms. The number of aromatic nitrogens is 4. The van der Waals surface area contributed by atoms with Gasteiger partial charge in [0, 0.05) is 6.07 Å². The number of nitrogens with zero attached hydrogens (tertiary/aromatic N) is 4. The second-order valence-corrected chi connectivity index (χ2v) is 5.35. The van der Waals surface area contributed by atoms with Crippen molar-refractivity contribution in [2.45, 2.75) is 19.5 Å². The fourth-order valence-electron chi connectivity index (χ4n) is 2.46. The zero-order valence-corrected chi connectivity index (χ0v) is 13.9. The van der Waals surface area contributed by atoms with Crippen LogP contribution < -0.4 is 9.84 Å². The van der Waals surface area contributed by atoms with E-state index in [4.69, 9.17) is 4.74 Å². The number of benzene rings is 1. The smallest absolute Gasteiger partial charge is 0.434 e. The van der Waals surface area contributed by atoms with Crippen molar-refractivity contribution in [2.75, 3.05) is 0 Å². The molecule has 2 heterocycles. The van der Waals surface area contributed by atoms with Gasteiger partial charge in [0.1, 0.15) is 12.1 Å². The minimum Gasteiger partial charge on any atom is -0.545 e. The summed E-state index contributed by atoms with van der Waals surface area (Å²) in [6, 6.07) is 9.61. The number of carboxylic acid groups (broad SMARTS) is 1. The molecule has 0 spiro atoms. The van der Waals surface area contributed by atoms with Crippen molar-refractivity contribution in [1.29, 1.82) is 0 Å². The van der Waals surface area contributed by atoms with Crippen LogP contribution in [0.4, 0.5) is 13.2 Å². The maximum atomic E-state index is 13.5. The lowest BCUT2D eigenvalue weighted by Crippen LogP contribution is -2.27. The van der Waals surface area contributed by atoms with Gasteiger partial charge in [-0.05, 0) is 18.6 Å². The second kappa shape index (κ2) is 7.06. The van der Waals surface area contributed by atoms with Gasteiger partial charge in [-0.2, -0.15) is 18.3 Å². The largest absolute Gasteiger partial charge is 0.545 e. The van der Waals surface area contributed by atoms with Crippen LogP contribution >= 0.6 is 0 Å². The summed E-state index contributed by atoms with van der Waals surface area (Å²) in [5.41, 5.74) is -2.73. The number of ether oxygens (including phenoxy) is 1. The highest BCUT2D eigenvalue weighted by atomic mass is 19.4. The first-order chi connectivity index (χ1) is 12.8. The molecule has 3 aromatic rings. The number of carboxylic acids is 1. The van der Waals surface area contributed by atoms with Crippen LogP contribution in [0.25, 0.3) is 5.82 Å². The number of carbonyl (C=O) groups is 1. The molecule has 0 aliphatic heterocycles. The topological polar surface area (TPSA) is 93.0 Å². The van der Waals surface area contributed by atoms with Gasteiger partial charge in [0.2, 0.25) is 5.88 Å². The number of halogens is 3. The Bertz CT molecular complexity index is 971. The fraction of sp³-hybridized carbons (Fsp3) is 0.176. The standard InChI is InChI=1S/C17H13F3N4O3/c1-2-11-14(16(25)26)15(17(18,19)20)24(23-11)12-8-13(22-9-21-12)27-10-6-4-3-5-7-10/h3-9H,2H2,1H3,(H,25,26)/p-1. The molecule has 3 rings (SSSR count). The van der Waals surface area contributed by atoms with Gasteiger partial charge in [-0.3, -0.25) is 0 Å². The molecule has 0 atom stereocenters. The normalized spacial score (nSPS) is 11.4. The van der Waals surface area contributed by atoms with Crippen molar-refractivity contribution in [3.05, 3.63) is 59.7 Å². The summed E-state index contributed by atoms with van der Waals surface area (Å²) in [6.45, 7) is 1.49. The molecule has 0 aliphatic carbocycles. The third-order valence-corrected chi connectivity index (χ3v) is 3.58. The highest BCUT2D eigenvalue weighted by Gasteiger charge is 2.41. The predicted molar refractivity (Wildman–Crippen MR) is 84.4 cm³/mol. The summed E-state index contributed by atoms with van der Waals surface area (Å²) in [6.07, 6.45) is -4.02. The van der Waals surface area contributed by atoms with E-state index in [0.717, 1.165) is 12.4 Å². The van der Waals surface area contributed by atoms with Crippen LogP contribution in [0.1, 0.15) is 28.7 Å². The number of rotatable bonds is 5. The molecule has 0 fully saturated rings. The number of aromatic carboxylic acids is 1. The molecule has 27 heavy (non-hydrogen) atoms. The number of hydrogen-bond donors (Lipinski definition) is 0. The molecule has 1 aromatic carbocycles. The summed E-state index contributed by atoms with van der Waals surface area (Å²) in [7, 11) is 0. The van der Waals surface area contributed by atoms with Gasteiger partial charge >= 0.3 is 6.18 Å². The van der Waals surface area contributed by atoms with Crippen LogP contribution in [-0.4, -0.2) is 25.7 Å². The van der Waals surface area contributed by atoms with Crippen LogP contribution in [-0.2, 0) is 12.6 Å². The molecule has 2 aromatic heterocycles. The molecular formula is C17H12F3N4O3-. The lowest BCUT2D eigenvalue weighted by atomic mass is 10.1. The van der Waals surface area contributed by atoms with Gasteiger partial charge in [0.15, 0.2) is 11.5 Å². The van der Waals surface area contributed by atoms with Crippen molar-refractivity contribution in [2.24, 2.45) is 0 Å². The lowest BCUT2D eigenvalue weighted by molar-refractivity contribution is -0.255. The number of para-hydroxylation sites is 1. The lowest BCUT2D eigenvalue weighted by Gasteiger charge is -2.13. The van der Waals surface area contributed by atoms with E-state index in [1.807, 2.05) is 0 Å². The van der Waals surface area contributed by atoms with E-state index in [9.17, 15) is 23.1 Å². The fourth-order valence-corrected chi connectivity index (χ4v) is 2.46. The summed E-state index contributed by atoms with van der Waals surface area (Å²) in [4.78, 5) is 18.9. The van der Waals surface area contributed by atoms with E-state index in [2.05, 4.69) is 15.1 Å². The Morgan fingerprint density at radius 2 is 1.93 bits per heavy atom. The molecule has 0 N–H and O–H groups in total. The second-order valence-electron chi connectivity index (χ2n) is 5.35. The van der Waals surface area contributed by atoms with Gasteiger partial charge in [-0.25, -0.2) is 14.6 Å². The SMILES string of the molecule is CCc1nn(-c2cc(Oc3ccccc3)ncn2)c(C(F)(F)F)c1C(=O)[O-]. The number of alkyl halides is 3. The molecule has 0 bridgehead atoms. The van der Waals surface area contributed by atoms with Crippen molar-refractivity contribution in [3.63, 3.8) is 0 Å². The van der Waals surface area contributed by atoms with E-state index in [1.165, 1.54) is 6.92 Å². The van der Waals surface area contributed by atoms with Crippen LogP contribution in [0.5, 0.6) is 11.6 Å². The number of carbonyl (C=O) groups excluding carboxylic acids is 1. The van der Waals surface area contributed by atoms with Gasteiger partial charge in [-0.15, -0.1) is 0 Å². The summed E-state index contributed by atoms with van der Waals surface area (Å²) < 4.78 is 46.5. The van der Waals surface area contributed by atoms with E-state index >= 15 is 0 Å². The Balaban J connectivity index is 2.11. The molecule has 7 nitrogen and oxygen atoms in total. The zero-order chi connectivity index (χ0) is 19.6. The van der Waals surface area contributed by atoms with E-state index in [-0.39, 0.29) is 23.8 Å². The molecule has 140 valence electrons. The summed E-state index contributed by atoms with van der Waals surface area (Å²) >= 11 is 0. The molecular weight excluding hydrogens is 365 g/mol. The number of hydrogen-bond acceptors (Lipinski definition) is 6. The van der Waals surface area contributed by atoms with Gasteiger partial charge in [-0.1, -0.05) is 25.1 Å². The quantitative estimate of drug-likeness (QED) is 0.678. The van der Waals surface area contributed by atoms with Crippen LogP contribution in [0.2, 0.25) is 0 Å². The zero-order valence-electron chi connectivity index (χ0n) is 13.9. The van der Waals surface area contributed by atoms with Gasteiger partial charge in [0.25, 0.3) is 0 Å². The molecule has 0 amide bonds. The Labute approximate surface area is 151 Å². The Morgan fingerprint density at radius 1 is 1.22 bits per heavy atom. The van der Waals surface area contributed by atoms with Crippen LogP contribution in [0, 0.1) is 0 Å². The predicted octanol–water partition coefficient (Wildman–Crippen LogP) is 2.40. The Morgan fingerprint density at radius 3 is 2.52 bits per heavy atom. The van der Waals surface area contributed by atoms with E-state index in [0.29, 0.717) is 10.4 Å². The van der Waals surface area contributed by atoms with E-state index < -0.39 is 23.4 Å². The average Bonchev–Trinajstić information content (AvgIpc) is 3.03. The van der Waals surface area contributed by atoms with Crippen LogP contribution in [0.15, 0.2) is 42.7 Å². The molecule has 0 radical (unpaired) electrons. The number of aryl methyl sites for hydroxylation is 1. The van der Waals surface area contributed by atoms with Crippen molar-refractivity contribution >= 4 is 5.97 Å². The first kappa shape index (κ1) is 18.4. The highest BCUT2D eigenvalue weighted by Crippen LogP contribution is 2.35.